The highest BCUT2D eigenvalue weighted by Gasteiger charge is 2.44. The number of carbonyl (C=O) groups is 2. The van der Waals surface area contributed by atoms with Gasteiger partial charge in [0.1, 0.15) is 5.82 Å². The molecule has 29 heavy (non-hydrogen) atoms. The highest BCUT2D eigenvalue weighted by Crippen LogP contribution is 2.40. The largest absolute Gasteiger partial charge is 0.347 e. The van der Waals surface area contributed by atoms with Gasteiger partial charge in [0.05, 0.1) is 6.54 Å². The van der Waals surface area contributed by atoms with E-state index < -0.39 is 23.5 Å². The summed E-state index contributed by atoms with van der Waals surface area (Å²) in [7, 11) is 0. The normalized spacial score (nSPS) is 27.0. The molecule has 0 spiro atoms. The van der Waals surface area contributed by atoms with Crippen LogP contribution in [0.4, 0.5) is 13.2 Å². The highest BCUT2D eigenvalue weighted by molar-refractivity contribution is 5.87. The van der Waals surface area contributed by atoms with E-state index in [1.165, 1.54) is 0 Å². The van der Waals surface area contributed by atoms with Crippen molar-refractivity contribution >= 4 is 11.8 Å². The predicted molar refractivity (Wildman–Crippen MR) is 100 cm³/mol. The summed E-state index contributed by atoms with van der Waals surface area (Å²) < 4.78 is 40.5. The minimum absolute atomic E-state index is 0.0269. The third kappa shape index (κ3) is 4.27. The first-order valence-corrected chi connectivity index (χ1v) is 10.3. The SMILES string of the molecule is NC(Cc1cc(F)c(F)cc1F)C1CC2CC[C@H](C1)N2C(=O)CNC(=O)C1CC1. The standard InChI is InChI=1S/C21H26F3N3O2/c22-16-9-18(24)17(23)7-12(16)8-19(25)13-5-14-3-4-15(6-13)27(14)20(28)10-26-21(29)11-1-2-11/h7,9,11,13-15,19H,1-6,8,10,25H2,(H,26,29)/t13?,14-,15?,19?/m1/s1. The summed E-state index contributed by atoms with van der Waals surface area (Å²) in [5, 5.41) is 2.73. The maximum Gasteiger partial charge on any atom is 0.242 e. The molecule has 1 saturated carbocycles. The Morgan fingerprint density at radius 3 is 2.28 bits per heavy atom. The number of piperidine rings is 1. The van der Waals surface area contributed by atoms with E-state index in [0.29, 0.717) is 18.9 Å². The van der Waals surface area contributed by atoms with Gasteiger partial charge >= 0.3 is 0 Å². The number of nitrogens with zero attached hydrogens (tertiary/aromatic N) is 1. The third-order valence-electron chi connectivity index (χ3n) is 6.57. The van der Waals surface area contributed by atoms with Crippen LogP contribution in [0.2, 0.25) is 0 Å². The molecule has 8 heteroatoms. The number of benzene rings is 1. The van der Waals surface area contributed by atoms with Gasteiger partial charge in [0.15, 0.2) is 11.6 Å². The summed E-state index contributed by atoms with van der Waals surface area (Å²) in [6.07, 6.45) is 5.08. The van der Waals surface area contributed by atoms with Gasteiger partial charge in [-0.25, -0.2) is 13.2 Å². The van der Waals surface area contributed by atoms with Gasteiger partial charge in [-0.05, 0) is 62.5 Å². The molecule has 2 heterocycles. The Labute approximate surface area is 167 Å². The van der Waals surface area contributed by atoms with Crippen LogP contribution in [0.1, 0.15) is 44.1 Å². The lowest BCUT2D eigenvalue weighted by Crippen LogP contribution is -2.52. The van der Waals surface area contributed by atoms with Gasteiger partial charge in [-0.2, -0.15) is 0 Å². The quantitative estimate of drug-likeness (QED) is 0.708. The Bertz CT molecular complexity index is 801. The van der Waals surface area contributed by atoms with E-state index in [4.69, 9.17) is 5.73 Å². The molecular formula is C21H26F3N3O2. The van der Waals surface area contributed by atoms with Crippen LogP contribution in [0.5, 0.6) is 0 Å². The van der Waals surface area contributed by atoms with Crippen molar-refractivity contribution in [1.29, 1.82) is 0 Å². The number of rotatable bonds is 6. The van der Waals surface area contributed by atoms with Crippen molar-refractivity contribution in [3.8, 4) is 0 Å². The number of hydrogen-bond acceptors (Lipinski definition) is 3. The average molecular weight is 409 g/mol. The van der Waals surface area contributed by atoms with Crippen LogP contribution >= 0.6 is 0 Å². The maximum atomic E-state index is 14.0. The fraction of sp³-hybridized carbons (Fsp3) is 0.619. The van der Waals surface area contributed by atoms with Gasteiger partial charge in [-0.15, -0.1) is 0 Å². The van der Waals surface area contributed by atoms with Crippen LogP contribution in [0.15, 0.2) is 12.1 Å². The molecule has 1 aromatic rings. The van der Waals surface area contributed by atoms with Crippen molar-refractivity contribution in [1.82, 2.24) is 10.2 Å². The van der Waals surface area contributed by atoms with Gasteiger partial charge in [0, 0.05) is 30.1 Å². The highest BCUT2D eigenvalue weighted by atomic mass is 19.2. The van der Waals surface area contributed by atoms with Gasteiger partial charge in [-0.3, -0.25) is 9.59 Å². The minimum Gasteiger partial charge on any atom is -0.347 e. The molecule has 3 N–H and O–H groups in total. The number of nitrogens with two attached hydrogens (primary N) is 1. The Kier molecular flexibility index (Phi) is 5.55. The van der Waals surface area contributed by atoms with Crippen molar-refractivity contribution in [2.24, 2.45) is 17.6 Å². The Morgan fingerprint density at radius 1 is 1.03 bits per heavy atom. The average Bonchev–Trinajstić information content (AvgIpc) is 3.49. The summed E-state index contributed by atoms with van der Waals surface area (Å²) in [4.78, 5) is 26.3. The van der Waals surface area contributed by atoms with E-state index >= 15 is 0 Å². The van der Waals surface area contributed by atoms with Crippen LogP contribution in [0.3, 0.4) is 0 Å². The van der Waals surface area contributed by atoms with Crippen LogP contribution in [-0.2, 0) is 16.0 Å². The molecule has 2 aliphatic heterocycles. The zero-order chi connectivity index (χ0) is 20.7. The summed E-state index contributed by atoms with van der Waals surface area (Å²) in [6.45, 7) is 0.0269. The molecule has 1 aromatic carbocycles. The summed E-state index contributed by atoms with van der Waals surface area (Å²) in [5.41, 5.74) is 6.38. The number of carbonyl (C=O) groups excluding carboxylic acids is 2. The molecule has 3 fully saturated rings. The molecule has 4 atom stereocenters. The molecule has 0 radical (unpaired) electrons. The maximum absolute atomic E-state index is 14.0. The zero-order valence-corrected chi connectivity index (χ0v) is 16.2. The Hall–Kier alpha value is -2.09. The predicted octanol–water partition coefficient (Wildman–Crippen LogP) is 2.27. The Morgan fingerprint density at radius 2 is 1.66 bits per heavy atom. The first-order valence-electron chi connectivity index (χ1n) is 10.3. The number of fused-ring (bicyclic) bond motifs is 2. The van der Waals surface area contributed by atoms with E-state index in [1.807, 2.05) is 4.90 Å². The van der Waals surface area contributed by atoms with Crippen molar-refractivity contribution in [2.75, 3.05) is 6.54 Å². The molecule has 2 amide bonds. The molecule has 2 bridgehead atoms. The lowest BCUT2D eigenvalue weighted by Gasteiger charge is -2.41. The van der Waals surface area contributed by atoms with E-state index in [1.54, 1.807) is 0 Å². The Balaban J connectivity index is 1.35. The zero-order valence-electron chi connectivity index (χ0n) is 16.2. The fourth-order valence-corrected chi connectivity index (χ4v) is 4.86. The molecule has 158 valence electrons. The van der Waals surface area contributed by atoms with Gasteiger partial charge in [0.25, 0.3) is 0 Å². The van der Waals surface area contributed by atoms with Gasteiger partial charge in [0.2, 0.25) is 11.8 Å². The van der Waals surface area contributed by atoms with Crippen molar-refractivity contribution in [3.63, 3.8) is 0 Å². The molecule has 3 aliphatic rings. The van der Waals surface area contributed by atoms with Crippen molar-refractivity contribution in [2.45, 2.75) is 63.1 Å². The minimum atomic E-state index is -1.21. The van der Waals surface area contributed by atoms with E-state index in [-0.39, 0.29) is 54.3 Å². The van der Waals surface area contributed by atoms with Crippen LogP contribution in [0, 0.1) is 29.3 Å². The van der Waals surface area contributed by atoms with Crippen molar-refractivity contribution < 1.29 is 22.8 Å². The molecule has 1 aliphatic carbocycles. The molecule has 3 unspecified atom stereocenters. The van der Waals surface area contributed by atoms with Crippen LogP contribution in [-0.4, -0.2) is 41.4 Å². The van der Waals surface area contributed by atoms with Crippen LogP contribution < -0.4 is 11.1 Å². The number of hydrogen-bond donors (Lipinski definition) is 2. The molecule has 4 rings (SSSR count). The first kappa shape index (κ1) is 20.2. The lowest BCUT2D eigenvalue weighted by molar-refractivity contribution is -0.137. The second-order valence-electron chi connectivity index (χ2n) is 8.64. The number of nitrogens with one attached hydrogen (secondary N) is 1. The van der Waals surface area contributed by atoms with Crippen molar-refractivity contribution in [3.05, 3.63) is 35.1 Å². The van der Waals surface area contributed by atoms with Crippen LogP contribution in [0.25, 0.3) is 0 Å². The molecule has 0 aromatic heterocycles. The number of halogens is 3. The third-order valence-corrected chi connectivity index (χ3v) is 6.57. The summed E-state index contributed by atoms with van der Waals surface area (Å²) in [5.74, 6) is -3.05. The smallest absolute Gasteiger partial charge is 0.242 e. The second-order valence-corrected chi connectivity index (χ2v) is 8.64. The first-order chi connectivity index (χ1) is 13.8. The van der Waals surface area contributed by atoms with Gasteiger partial charge in [-0.1, -0.05) is 0 Å². The second kappa shape index (κ2) is 7.97. The van der Waals surface area contributed by atoms with Gasteiger partial charge < -0.3 is 16.0 Å². The molecule has 2 saturated heterocycles. The van der Waals surface area contributed by atoms with E-state index in [2.05, 4.69) is 5.32 Å². The topological polar surface area (TPSA) is 75.4 Å². The van der Waals surface area contributed by atoms with E-state index in [9.17, 15) is 22.8 Å². The summed E-state index contributed by atoms with van der Waals surface area (Å²) in [6, 6.07) is 1.15. The summed E-state index contributed by atoms with van der Waals surface area (Å²) >= 11 is 0. The monoisotopic (exact) mass is 409 g/mol. The molecule has 5 nitrogen and oxygen atoms in total. The number of amides is 2. The lowest BCUT2D eigenvalue weighted by atomic mass is 9.82. The molecular weight excluding hydrogens is 383 g/mol. The fourth-order valence-electron chi connectivity index (χ4n) is 4.86. The van der Waals surface area contributed by atoms with E-state index in [0.717, 1.165) is 31.7 Å².